The number of nitrogens with zero attached hydrogens (tertiary/aromatic N) is 2. The maximum absolute atomic E-state index is 13.8. The van der Waals surface area contributed by atoms with Crippen molar-refractivity contribution < 1.29 is 4.39 Å². The van der Waals surface area contributed by atoms with Gasteiger partial charge in [0.05, 0.1) is 5.57 Å². The molecule has 1 aromatic carbocycles. The normalized spacial score (nSPS) is 11.4. The number of thiazole rings is 1. The summed E-state index contributed by atoms with van der Waals surface area (Å²) in [4.78, 5) is 6.08. The Morgan fingerprint density at radius 2 is 2.09 bits per heavy atom. The van der Waals surface area contributed by atoms with E-state index in [-0.39, 0.29) is 5.82 Å². The number of aromatic nitrogens is 1. The van der Waals surface area contributed by atoms with Gasteiger partial charge in [-0.1, -0.05) is 18.2 Å². The highest BCUT2D eigenvalue weighted by atomic mass is 32.1. The van der Waals surface area contributed by atoms with E-state index in [4.69, 9.17) is 0 Å². The molecule has 0 aliphatic heterocycles. The highest BCUT2D eigenvalue weighted by Gasteiger charge is 2.09. The molecule has 22 heavy (non-hydrogen) atoms. The molecule has 0 bridgehead atoms. The first-order chi connectivity index (χ1) is 10.7. The van der Waals surface area contributed by atoms with Crippen LogP contribution < -0.4 is 0 Å². The Morgan fingerprint density at radius 3 is 2.77 bits per heavy atom. The highest BCUT2D eigenvalue weighted by molar-refractivity contribution is 7.16. The van der Waals surface area contributed by atoms with E-state index >= 15 is 0 Å². The van der Waals surface area contributed by atoms with E-state index in [9.17, 15) is 9.65 Å². The van der Waals surface area contributed by atoms with Crippen LogP contribution in [0.5, 0.6) is 0 Å². The number of aryl methyl sites for hydroxylation is 1. The Kier molecular flexibility index (Phi) is 4.14. The summed E-state index contributed by atoms with van der Waals surface area (Å²) in [5.74, 6) is -0.240. The first kappa shape index (κ1) is 14.6. The van der Waals surface area contributed by atoms with Crippen LogP contribution in [0.3, 0.4) is 0 Å². The molecule has 0 aliphatic carbocycles. The van der Waals surface area contributed by atoms with E-state index in [1.54, 1.807) is 18.2 Å². The number of hydrogen-bond donors (Lipinski definition) is 0. The minimum absolute atomic E-state index is 0.240. The van der Waals surface area contributed by atoms with Gasteiger partial charge in [-0.15, -0.1) is 22.7 Å². The van der Waals surface area contributed by atoms with Crippen LogP contribution in [0.2, 0.25) is 0 Å². The van der Waals surface area contributed by atoms with E-state index in [1.807, 2.05) is 30.5 Å². The monoisotopic (exact) mass is 326 g/mol. The molecule has 0 unspecified atom stereocenters. The Hall–Kier alpha value is -2.29. The highest BCUT2D eigenvalue weighted by Crippen LogP contribution is 2.32. The van der Waals surface area contributed by atoms with Crippen molar-refractivity contribution in [3.63, 3.8) is 0 Å². The van der Waals surface area contributed by atoms with E-state index in [1.165, 1.54) is 28.7 Å². The molecule has 2 heterocycles. The van der Waals surface area contributed by atoms with Gasteiger partial charge in [0, 0.05) is 26.4 Å². The Morgan fingerprint density at radius 1 is 1.27 bits per heavy atom. The van der Waals surface area contributed by atoms with Gasteiger partial charge in [0.15, 0.2) is 0 Å². The minimum Gasteiger partial charge on any atom is -0.241 e. The van der Waals surface area contributed by atoms with Gasteiger partial charge < -0.3 is 0 Å². The van der Waals surface area contributed by atoms with Crippen molar-refractivity contribution in [1.29, 1.82) is 5.26 Å². The molecule has 0 aliphatic rings. The van der Waals surface area contributed by atoms with Gasteiger partial charge in [0.1, 0.15) is 16.9 Å². The van der Waals surface area contributed by atoms with Crippen molar-refractivity contribution in [2.75, 3.05) is 0 Å². The second-order valence-corrected chi connectivity index (χ2v) is 6.62. The zero-order valence-electron chi connectivity index (χ0n) is 11.7. The van der Waals surface area contributed by atoms with Gasteiger partial charge in [-0.05, 0) is 31.2 Å². The third-order valence-electron chi connectivity index (χ3n) is 3.02. The molecule has 0 N–H and O–H groups in total. The number of nitriles is 1. The van der Waals surface area contributed by atoms with Crippen LogP contribution >= 0.6 is 22.7 Å². The molecule has 0 fully saturated rings. The van der Waals surface area contributed by atoms with Gasteiger partial charge in [0.2, 0.25) is 0 Å². The van der Waals surface area contributed by atoms with Crippen LogP contribution in [0.25, 0.3) is 22.1 Å². The maximum atomic E-state index is 13.8. The quantitative estimate of drug-likeness (QED) is 0.606. The third kappa shape index (κ3) is 2.98. The molecule has 5 heteroatoms. The fourth-order valence-electron chi connectivity index (χ4n) is 2.00. The molecular weight excluding hydrogens is 315 g/mol. The van der Waals surface area contributed by atoms with E-state index in [2.05, 4.69) is 11.1 Å². The number of thiophene rings is 1. The minimum atomic E-state index is -0.240. The lowest BCUT2D eigenvalue weighted by atomic mass is 10.2. The maximum Gasteiger partial charge on any atom is 0.134 e. The molecule has 2 aromatic heterocycles. The molecule has 3 rings (SSSR count). The van der Waals surface area contributed by atoms with E-state index in [0.29, 0.717) is 16.1 Å². The molecule has 0 saturated carbocycles. The van der Waals surface area contributed by atoms with Crippen molar-refractivity contribution in [1.82, 2.24) is 4.98 Å². The van der Waals surface area contributed by atoms with Gasteiger partial charge in [-0.3, -0.25) is 0 Å². The summed E-state index contributed by atoms with van der Waals surface area (Å²) in [6.07, 6.45) is 1.80. The van der Waals surface area contributed by atoms with Crippen LogP contribution in [0.1, 0.15) is 15.6 Å². The van der Waals surface area contributed by atoms with Crippen molar-refractivity contribution >= 4 is 34.3 Å². The average molecular weight is 326 g/mol. The third-order valence-corrected chi connectivity index (χ3v) is 5.08. The van der Waals surface area contributed by atoms with Crippen LogP contribution in [-0.4, -0.2) is 4.98 Å². The summed E-state index contributed by atoms with van der Waals surface area (Å²) < 4.78 is 13.8. The number of hydrogen-bond acceptors (Lipinski definition) is 4. The second kappa shape index (κ2) is 6.22. The lowest BCUT2D eigenvalue weighted by Gasteiger charge is -1.98. The lowest BCUT2D eigenvalue weighted by molar-refractivity contribution is 0.631. The van der Waals surface area contributed by atoms with Crippen LogP contribution in [0.4, 0.5) is 4.39 Å². The lowest BCUT2D eigenvalue weighted by Crippen LogP contribution is -1.80. The fourth-order valence-corrected chi connectivity index (χ4v) is 3.74. The zero-order chi connectivity index (χ0) is 15.5. The number of rotatable bonds is 3. The Labute approximate surface area is 135 Å². The molecule has 3 aromatic rings. The molecule has 0 atom stereocenters. The van der Waals surface area contributed by atoms with Crippen molar-refractivity contribution in [2.24, 2.45) is 0 Å². The second-order valence-electron chi connectivity index (χ2n) is 4.65. The molecule has 0 saturated heterocycles. The predicted octanol–water partition coefficient (Wildman–Crippen LogP) is 5.38. The topological polar surface area (TPSA) is 36.7 Å². The van der Waals surface area contributed by atoms with E-state index < -0.39 is 0 Å². The van der Waals surface area contributed by atoms with Gasteiger partial charge in [-0.25, -0.2) is 9.37 Å². The predicted molar refractivity (Wildman–Crippen MR) is 90.0 cm³/mol. The first-order valence-electron chi connectivity index (χ1n) is 6.56. The summed E-state index contributed by atoms with van der Waals surface area (Å²) in [6.45, 7) is 1.90. The van der Waals surface area contributed by atoms with Crippen LogP contribution in [0.15, 0.2) is 41.8 Å². The zero-order valence-corrected chi connectivity index (χ0v) is 13.3. The molecular formula is C17H11FN2S2. The fraction of sp³-hybridized carbons (Fsp3) is 0.0588. The van der Waals surface area contributed by atoms with Gasteiger partial charge in [0.25, 0.3) is 0 Å². The van der Waals surface area contributed by atoms with Crippen molar-refractivity contribution in [2.45, 2.75) is 6.92 Å². The van der Waals surface area contributed by atoms with Crippen LogP contribution in [0, 0.1) is 24.1 Å². The van der Waals surface area contributed by atoms with Crippen molar-refractivity contribution in [3.05, 3.63) is 63.2 Å². The largest absolute Gasteiger partial charge is 0.241 e. The van der Waals surface area contributed by atoms with Gasteiger partial charge >= 0.3 is 0 Å². The number of benzene rings is 1. The van der Waals surface area contributed by atoms with Crippen LogP contribution in [-0.2, 0) is 0 Å². The Balaban J connectivity index is 1.96. The SMILES string of the molecule is Cc1csc(/C(C#N)=C/c2ccc(-c3ccccc3F)s2)n1. The van der Waals surface area contributed by atoms with Gasteiger partial charge in [-0.2, -0.15) is 5.26 Å². The standard InChI is InChI=1S/C17H11FN2S2/c1-11-10-21-17(20-11)12(9-19)8-13-6-7-16(22-13)14-4-2-3-5-15(14)18/h2-8,10H,1H3/b12-8+. The summed E-state index contributed by atoms with van der Waals surface area (Å²) in [7, 11) is 0. The summed E-state index contributed by atoms with van der Waals surface area (Å²) in [5, 5.41) is 11.9. The molecule has 0 amide bonds. The Bertz CT molecular complexity index is 884. The smallest absolute Gasteiger partial charge is 0.134 e. The first-order valence-corrected chi connectivity index (χ1v) is 8.26. The molecule has 2 nitrogen and oxygen atoms in total. The summed E-state index contributed by atoms with van der Waals surface area (Å²) in [6, 6.07) is 12.6. The summed E-state index contributed by atoms with van der Waals surface area (Å²) in [5.41, 5.74) is 2.01. The van der Waals surface area contributed by atoms with Crippen molar-refractivity contribution in [3.8, 4) is 16.5 Å². The average Bonchev–Trinajstić information content (AvgIpc) is 3.14. The molecule has 0 radical (unpaired) electrons. The molecule has 108 valence electrons. The molecule has 0 spiro atoms. The number of allylic oxidation sites excluding steroid dienone is 1. The summed E-state index contributed by atoms with van der Waals surface area (Å²) >= 11 is 2.90. The number of halogens is 1. The van der Waals surface area contributed by atoms with E-state index in [0.717, 1.165) is 15.4 Å².